The van der Waals surface area contributed by atoms with Gasteiger partial charge in [-0.15, -0.1) is 0 Å². The van der Waals surface area contributed by atoms with Crippen molar-refractivity contribution in [3.63, 3.8) is 0 Å². The molecule has 0 radical (unpaired) electrons. The van der Waals surface area contributed by atoms with E-state index in [1.165, 1.54) is 4.57 Å². The van der Waals surface area contributed by atoms with Crippen LogP contribution in [-0.2, 0) is 13.6 Å². The number of hydrogen-bond acceptors (Lipinski definition) is 5. The average Bonchev–Trinajstić information content (AvgIpc) is 3.08. The van der Waals surface area contributed by atoms with Gasteiger partial charge in [-0.3, -0.25) is 18.9 Å². The molecule has 2 heterocycles. The van der Waals surface area contributed by atoms with Crippen LogP contribution < -0.4 is 16.7 Å². The summed E-state index contributed by atoms with van der Waals surface area (Å²) in [6, 6.07) is 17.6. The molecule has 0 spiro atoms. The van der Waals surface area contributed by atoms with Gasteiger partial charge in [0, 0.05) is 7.05 Å². The Bertz CT molecular complexity index is 1300. The summed E-state index contributed by atoms with van der Waals surface area (Å²) in [6.45, 7) is 2.42. The number of rotatable bonds is 5. The highest BCUT2D eigenvalue weighted by molar-refractivity contribution is 5.80. The fourth-order valence-corrected chi connectivity index (χ4v) is 3.05. The first-order valence-corrected chi connectivity index (χ1v) is 9.12. The number of aromatic nitrogens is 4. The maximum Gasteiger partial charge on any atom is 0.329 e. The monoisotopic (exact) mass is 388 g/mol. The van der Waals surface area contributed by atoms with Crippen molar-refractivity contribution in [2.24, 2.45) is 12.1 Å². The summed E-state index contributed by atoms with van der Waals surface area (Å²) in [6.07, 6.45) is 1.67. The normalized spacial score (nSPS) is 11.4. The molecule has 8 heteroatoms. The minimum Gasteiger partial charge on any atom is -0.298 e. The molecule has 0 atom stereocenters. The fourth-order valence-electron chi connectivity index (χ4n) is 3.05. The summed E-state index contributed by atoms with van der Waals surface area (Å²) >= 11 is 0. The lowest BCUT2D eigenvalue weighted by Gasteiger charge is -2.08. The summed E-state index contributed by atoms with van der Waals surface area (Å²) in [4.78, 5) is 31.3. The Hall–Kier alpha value is -3.94. The topological polar surface area (TPSA) is 97.1 Å². The second-order valence-corrected chi connectivity index (χ2v) is 6.78. The van der Waals surface area contributed by atoms with Crippen LogP contribution in [-0.4, -0.2) is 25.3 Å². The molecule has 4 aromatic rings. The summed E-state index contributed by atoms with van der Waals surface area (Å²) in [5.74, 6) is 0.374. The van der Waals surface area contributed by atoms with E-state index in [1.807, 2.05) is 61.5 Å². The zero-order chi connectivity index (χ0) is 20.4. The Labute approximate surface area is 166 Å². The molecule has 29 heavy (non-hydrogen) atoms. The lowest BCUT2D eigenvalue weighted by molar-refractivity contribution is 0.808. The van der Waals surface area contributed by atoms with Crippen molar-refractivity contribution < 1.29 is 0 Å². The van der Waals surface area contributed by atoms with Gasteiger partial charge in [-0.05, 0) is 18.1 Å². The Kier molecular flexibility index (Phi) is 4.82. The van der Waals surface area contributed by atoms with Crippen molar-refractivity contribution in [1.82, 2.24) is 19.1 Å². The van der Waals surface area contributed by atoms with Crippen LogP contribution in [0.1, 0.15) is 16.7 Å². The molecule has 0 amide bonds. The number of fused-ring (bicyclic) bond motifs is 1. The molecule has 0 saturated carbocycles. The summed E-state index contributed by atoms with van der Waals surface area (Å²) in [5.41, 5.74) is 5.59. The Morgan fingerprint density at radius 3 is 2.55 bits per heavy atom. The molecule has 2 N–H and O–H groups in total. The molecule has 0 fully saturated rings. The smallest absolute Gasteiger partial charge is 0.298 e. The van der Waals surface area contributed by atoms with Gasteiger partial charge in [-0.2, -0.15) is 10.1 Å². The molecule has 0 saturated heterocycles. The number of anilines is 1. The van der Waals surface area contributed by atoms with E-state index in [4.69, 9.17) is 0 Å². The molecule has 2 aromatic heterocycles. The molecule has 2 aromatic carbocycles. The van der Waals surface area contributed by atoms with E-state index in [-0.39, 0.29) is 0 Å². The predicted molar refractivity (Wildman–Crippen MR) is 114 cm³/mol. The summed E-state index contributed by atoms with van der Waals surface area (Å²) in [7, 11) is 1.57. The number of benzene rings is 2. The van der Waals surface area contributed by atoms with Crippen molar-refractivity contribution in [3.05, 3.63) is 92.1 Å². The van der Waals surface area contributed by atoms with Gasteiger partial charge in [0.25, 0.3) is 5.56 Å². The molecular weight excluding hydrogens is 368 g/mol. The van der Waals surface area contributed by atoms with Crippen LogP contribution >= 0.6 is 0 Å². The lowest BCUT2D eigenvalue weighted by Crippen LogP contribution is -2.29. The third-order valence-electron chi connectivity index (χ3n) is 4.65. The van der Waals surface area contributed by atoms with E-state index >= 15 is 0 Å². The zero-order valence-electron chi connectivity index (χ0n) is 16.1. The van der Waals surface area contributed by atoms with Crippen molar-refractivity contribution in [1.29, 1.82) is 0 Å². The molecule has 4 rings (SSSR count). The largest absolute Gasteiger partial charge is 0.329 e. The first-order valence-electron chi connectivity index (χ1n) is 9.12. The first kappa shape index (κ1) is 18.4. The second-order valence-electron chi connectivity index (χ2n) is 6.78. The molecule has 8 nitrogen and oxygen atoms in total. The van der Waals surface area contributed by atoms with Gasteiger partial charge in [0.2, 0.25) is 5.95 Å². The number of hydrogen-bond donors (Lipinski definition) is 2. The van der Waals surface area contributed by atoms with Gasteiger partial charge in [-0.25, -0.2) is 10.2 Å². The number of nitrogens with one attached hydrogen (secondary N) is 2. The molecule has 0 bridgehead atoms. The second kappa shape index (κ2) is 7.59. The van der Waals surface area contributed by atoms with Crippen molar-refractivity contribution in [2.75, 3.05) is 5.43 Å². The molecule has 0 aliphatic rings. The highest BCUT2D eigenvalue weighted by Crippen LogP contribution is 2.18. The van der Waals surface area contributed by atoms with Crippen LogP contribution in [0, 0.1) is 6.92 Å². The molecule has 0 aliphatic heterocycles. The number of imidazole rings is 1. The van der Waals surface area contributed by atoms with Crippen LogP contribution in [0.25, 0.3) is 11.2 Å². The van der Waals surface area contributed by atoms with Gasteiger partial charge >= 0.3 is 5.69 Å². The van der Waals surface area contributed by atoms with Crippen molar-refractivity contribution >= 4 is 23.3 Å². The number of aryl methyl sites for hydroxylation is 2. The first-order chi connectivity index (χ1) is 14.0. The zero-order valence-corrected chi connectivity index (χ0v) is 16.1. The van der Waals surface area contributed by atoms with Gasteiger partial charge < -0.3 is 0 Å². The number of H-pyrrole nitrogens is 1. The summed E-state index contributed by atoms with van der Waals surface area (Å²) < 4.78 is 3.04. The molecule has 0 aliphatic carbocycles. The molecule has 146 valence electrons. The van der Waals surface area contributed by atoms with Crippen molar-refractivity contribution in [3.8, 4) is 0 Å². The highest BCUT2D eigenvalue weighted by atomic mass is 16.2. The van der Waals surface area contributed by atoms with Crippen LogP contribution in [0.2, 0.25) is 0 Å². The maximum atomic E-state index is 12.5. The third-order valence-corrected chi connectivity index (χ3v) is 4.65. The minimum atomic E-state index is -0.512. The van der Waals surface area contributed by atoms with E-state index in [9.17, 15) is 9.59 Å². The van der Waals surface area contributed by atoms with E-state index in [0.717, 1.165) is 16.7 Å². The van der Waals surface area contributed by atoms with Gasteiger partial charge in [-0.1, -0.05) is 60.2 Å². The SMILES string of the molecule is Cc1ccc(Cn2c(NN=Cc3ccccc3)nc3c2c(=O)[nH]c(=O)n3C)cc1. The lowest BCUT2D eigenvalue weighted by atomic mass is 10.1. The number of nitrogens with zero attached hydrogens (tertiary/aromatic N) is 4. The van der Waals surface area contributed by atoms with Gasteiger partial charge in [0.1, 0.15) is 0 Å². The fraction of sp³-hybridized carbons (Fsp3) is 0.143. The van der Waals surface area contributed by atoms with Crippen LogP contribution in [0.4, 0.5) is 5.95 Å². The van der Waals surface area contributed by atoms with Gasteiger partial charge in [0.15, 0.2) is 11.2 Å². The van der Waals surface area contributed by atoms with Gasteiger partial charge in [0.05, 0.1) is 12.8 Å². The molecular formula is C21H20N6O2. The van der Waals surface area contributed by atoms with E-state index in [0.29, 0.717) is 23.7 Å². The quantitative estimate of drug-likeness (QED) is 0.405. The maximum absolute atomic E-state index is 12.5. The van der Waals surface area contributed by atoms with Crippen LogP contribution in [0.5, 0.6) is 0 Å². The highest BCUT2D eigenvalue weighted by Gasteiger charge is 2.17. The van der Waals surface area contributed by atoms with Crippen LogP contribution in [0.15, 0.2) is 69.3 Å². The Morgan fingerprint density at radius 1 is 1.10 bits per heavy atom. The third kappa shape index (κ3) is 3.73. The Morgan fingerprint density at radius 2 is 1.83 bits per heavy atom. The standard InChI is InChI=1S/C21H20N6O2/c1-14-8-10-16(11-9-14)13-27-17-18(26(2)21(29)24-19(17)28)23-20(27)25-22-12-15-6-4-3-5-7-15/h3-12H,13H2,1-2H3,(H,23,25)(H,24,28,29). The molecule has 0 unspecified atom stereocenters. The van der Waals surface area contributed by atoms with E-state index in [2.05, 4.69) is 20.5 Å². The van der Waals surface area contributed by atoms with Crippen LogP contribution in [0.3, 0.4) is 0 Å². The number of aromatic amines is 1. The van der Waals surface area contributed by atoms with E-state index in [1.54, 1.807) is 17.8 Å². The Balaban J connectivity index is 1.79. The number of hydrazone groups is 1. The van der Waals surface area contributed by atoms with Crippen molar-refractivity contribution in [2.45, 2.75) is 13.5 Å². The summed E-state index contributed by atoms with van der Waals surface area (Å²) in [5, 5.41) is 4.25. The average molecular weight is 388 g/mol. The van der Waals surface area contributed by atoms with E-state index < -0.39 is 11.2 Å². The predicted octanol–water partition coefficient (Wildman–Crippen LogP) is 2.23. The minimum absolute atomic E-state index is 0.295.